The van der Waals surface area contributed by atoms with Gasteiger partial charge in [-0.05, 0) is 12.1 Å². The Balaban J connectivity index is 2.91. The van der Waals surface area contributed by atoms with Crippen molar-refractivity contribution in [1.29, 1.82) is 0 Å². The lowest BCUT2D eigenvalue weighted by Crippen LogP contribution is -1.75. The topological polar surface area (TPSA) is 30.2 Å². The molecule has 0 unspecified atom stereocenters. The number of furan rings is 1. The summed E-state index contributed by atoms with van der Waals surface area (Å²) < 4.78 is 5.11. The van der Waals surface area contributed by atoms with Crippen molar-refractivity contribution < 1.29 is 9.21 Å². The molecule has 0 aliphatic rings. The molecule has 0 N–H and O–H groups in total. The first-order valence-corrected chi connectivity index (χ1v) is 3.81. The second kappa shape index (κ2) is 2.64. The highest BCUT2D eigenvalue weighted by Crippen LogP contribution is 2.27. The molecule has 0 fully saturated rings. The van der Waals surface area contributed by atoms with Gasteiger partial charge in [-0.15, -0.1) is 0 Å². The van der Waals surface area contributed by atoms with Gasteiger partial charge in [-0.3, -0.25) is 4.79 Å². The molecule has 0 radical (unpaired) electrons. The van der Waals surface area contributed by atoms with Crippen LogP contribution in [0, 0.1) is 0 Å². The third-order valence-electron chi connectivity index (χ3n) is 1.70. The van der Waals surface area contributed by atoms with Crippen LogP contribution in [0.5, 0.6) is 0 Å². The van der Waals surface area contributed by atoms with E-state index < -0.39 is 0 Å². The summed E-state index contributed by atoms with van der Waals surface area (Å²) in [5, 5.41) is 1.23. The van der Waals surface area contributed by atoms with Crippen molar-refractivity contribution in [1.82, 2.24) is 0 Å². The van der Waals surface area contributed by atoms with Crippen LogP contribution in [0.4, 0.5) is 0 Å². The lowest BCUT2D eigenvalue weighted by Gasteiger charge is -1.90. The van der Waals surface area contributed by atoms with Gasteiger partial charge in [0.2, 0.25) is 0 Å². The highest BCUT2D eigenvalue weighted by atomic mass is 35.5. The standard InChI is InChI=1S/C9H5ClO2/c10-7-2-1-3-8-9(7)6(4-11)5-12-8/h1-5H. The summed E-state index contributed by atoms with van der Waals surface area (Å²) in [4.78, 5) is 10.5. The van der Waals surface area contributed by atoms with E-state index in [4.69, 9.17) is 16.0 Å². The van der Waals surface area contributed by atoms with Crippen molar-refractivity contribution in [2.45, 2.75) is 0 Å². The maximum Gasteiger partial charge on any atom is 0.153 e. The average Bonchev–Trinajstić information content (AvgIpc) is 2.49. The maximum atomic E-state index is 10.5. The summed E-state index contributed by atoms with van der Waals surface area (Å²) in [6.45, 7) is 0. The van der Waals surface area contributed by atoms with E-state index in [1.165, 1.54) is 6.26 Å². The first-order chi connectivity index (χ1) is 5.83. The number of hydrogen-bond donors (Lipinski definition) is 0. The van der Waals surface area contributed by atoms with E-state index in [0.717, 1.165) is 6.29 Å². The fraction of sp³-hybridized carbons (Fsp3) is 0. The molecule has 0 aliphatic heterocycles. The van der Waals surface area contributed by atoms with E-state index in [-0.39, 0.29) is 0 Å². The molecule has 60 valence electrons. The smallest absolute Gasteiger partial charge is 0.153 e. The number of hydrogen-bond acceptors (Lipinski definition) is 2. The summed E-state index contributed by atoms with van der Waals surface area (Å²) in [7, 11) is 0. The minimum atomic E-state index is 0.496. The van der Waals surface area contributed by atoms with Crippen molar-refractivity contribution in [3.8, 4) is 0 Å². The molecule has 0 spiro atoms. The molecule has 2 aromatic rings. The van der Waals surface area contributed by atoms with Crippen LogP contribution in [0.25, 0.3) is 11.0 Å². The maximum absolute atomic E-state index is 10.5. The van der Waals surface area contributed by atoms with Gasteiger partial charge in [0.05, 0.1) is 10.6 Å². The molecular weight excluding hydrogens is 176 g/mol. The van der Waals surface area contributed by atoms with Crippen molar-refractivity contribution >= 4 is 28.9 Å². The first-order valence-electron chi connectivity index (χ1n) is 3.44. The number of carbonyl (C=O) groups is 1. The molecule has 0 saturated heterocycles. The number of benzene rings is 1. The minimum absolute atomic E-state index is 0.496. The largest absolute Gasteiger partial charge is 0.464 e. The van der Waals surface area contributed by atoms with Gasteiger partial charge in [0.1, 0.15) is 11.8 Å². The SMILES string of the molecule is O=Cc1coc2cccc(Cl)c12. The molecule has 0 saturated carbocycles. The number of fused-ring (bicyclic) bond motifs is 1. The molecule has 0 bridgehead atoms. The Morgan fingerprint density at radius 3 is 3.00 bits per heavy atom. The second-order valence-electron chi connectivity index (χ2n) is 2.42. The highest BCUT2D eigenvalue weighted by molar-refractivity contribution is 6.36. The molecule has 0 aliphatic carbocycles. The molecule has 1 aromatic heterocycles. The summed E-state index contributed by atoms with van der Waals surface area (Å²) in [5.41, 5.74) is 1.14. The summed E-state index contributed by atoms with van der Waals surface area (Å²) in [6, 6.07) is 5.28. The van der Waals surface area contributed by atoms with Crippen LogP contribution in [-0.2, 0) is 0 Å². The van der Waals surface area contributed by atoms with Crippen LogP contribution in [0.15, 0.2) is 28.9 Å². The molecule has 12 heavy (non-hydrogen) atoms. The van der Waals surface area contributed by atoms with Crippen molar-refractivity contribution in [2.24, 2.45) is 0 Å². The Labute approximate surface area is 73.7 Å². The predicted molar refractivity (Wildman–Crippen MR) is 46.6 cm³/mol. The minimum Gasteiger partial charge on any atom is -0.464 e. The molecule has 0 atom stereocenters. The zero-order valence-electron chi connectivity index (χ0n) is 6.08. The van der Waals surface area contributed by atoms with E-state index in [2.05, 4.69) is 0 Å². The molecular formula is C9H5ClO2. The fourth-order valence-electron chi connectivity index (χ4n) is 1.16. The molecule has 3 heteroatoms. The monoisotopic (exact) mass is 180 g/mol. The number of carbonyl (C=O) groups excluding carboxylic acids is 1. The zero-order valence-corrected chi connectivity index (χ0v) is 6.84. The van der Waals surface area contributed by atoms with Crippen LogP contribution in [0.3, 0.4) is 0 Å². The van der Waals surface area contributed by atoms with E-state index in [1.54, 1.807) is 18.2 Å². The third-order valence-corrected chi connectivity index (χ3v) is 2.02. The normalized spacial score (nSPS) is 10.4. The highest BCUT2D eigenvalue weighted by Gasteiger charge is 2.07. The lowest BCUT2D eigenvalue weighted by molar-refractivity contribution is 0.112. The first kappa shape index (κ1) is 7.37. The molecule has 1 heterocycles. The van der Waals surface area contributed by atoms with Crippen LogP contribution < -0.4 is 0 Å². The van der Waals surface area contributed by atoms with Gasteiger partial charge in [0.25, 0.3) is 0 Å². The quantitative estimate of drug-likeness (QED) is 0.632. The van der Waals surface area contributed by atoms with Crippen LogP contribution >= 0.6 is 11.6 Å². The number of aldehydes is 1. The Hall–Kier alpha value is -1.28. The summed E-state index contributed by atoms with van der Waals surface area (Å²) in [5.74, 6) is 0. The second-order valence-corrected chi connectivity index (χ2v) is 2.83. The van der Waals surface area contributed by atoms with Crippen molar-refractivity contribution in [2.75, 3.05) is 0 Å². The lowest BCUT2D eigenvalue weighted by atomic mass is 10.2. The number of halogens is 1. The van der Waals surface area contributed by atoms with E-state index in [1.807, 2.05) is 0 Å². The third kappa shape index (κ3) is 0.924. The zero-order chi connectivity index (χ0) is 8.55. The molecule has 1 aromatic carbocycles. The Morgan fingerprint density at radius 1 is 1.42 bits per heavy atom. The van der Waals surface area contributed by atoms with Gasteiger partial charge in [0, 0.05) is 5.39 Å². The average molecular weight is 181 g/mol. The van der Waals surface area contributed by atoms with Gasteiger partial charge in [-0.2, -0.15) is 0 Å². The van der Waals surface area contributed by atoms with Gasteiger partial charge in [-0.25, -0.2) is 0 Å². The van der Waals surface area contributed by atoms with Crippen LogP contribution in [-0.4, -0.2) is 6.29 Å². The number of rotatable bonds is 1. The van der Waals surface area contributed by atoms with Gasteiger partial charge < -0.3 is 4.42 Å². The van der Waals surface area contributed by atoms with Crippen LogP contribution in [0.1, 0.15) is 10.4 Å². The van der Waals surface area contributed by atoms with Crippen molar-refractivity contribution in [3.63, 3.8) is 0 Å². The van der Waals surface area contributed by atoms with Gasteiger partial charge in [0.15, 0.2) is 6.29 Å². The van der Waals surface area contributed by atoms with Crippen LogP contribution in [0.2, 0.25) is 5.02 Å². The Bertz CT molecular complexity index is 431. The molecule has 2 nitrogen and oxygen atoms in total. The van der Waals surface area contributed by atoms with E-state index in [0.29, 0.717) is 21.6 Å². The Kier molecular flexibility index (Phi) is 1.62. The van der Waals surface area contributed by atoms with Gasteiger partial charge >= 0.3 is 0 Å². The predicted octanol–water partition coefficient (Wildman–Crippen LogP) is 2.90. The fourth-order valence-corrected chi connectivity index (χ4v) is 1.43. The summed E-state index contributed by atoms with van der Waals surface area (Å²) >= 11 is 5.86. The molecule has 2 rings (SSSR count). The van der Waals surface area contributed by atoms with Gasteiger partial charge in [-0.1, -0.05) is 17.7 Å². The summed E-state index contributed by atoms with van der Waals surface area (Å²) in [6.07, 6.45) is 2.14. The molecule has 0 amide bonds. The van der Waals surface area contributed by atoms with Crippen molar-refractivity contribution in [3.05, 3.63) is 35.0 Å². The van der Waals surface area contributed by atoms with E-state index >= 15 is 0 Å². The Morgan fingerprint density at radius 2 is 2.25 bits per heavy atom. The van der Waals surface area contributed by atoms with E-state index in [9.17, 15) is 4.79 Å².